The Hall–Kier alpha value is -2.42. The Kier molecular flexibility index (Phi) is 11.8. The molecule has 1 heterocycles. The number of aliphatic hydroxyl groups is 1. The van der Waals surface area contributed by atoms with Crippen molar-refractivity contribution in [2.24, 2.45) is 0 Å². The van der Waals surface area contributed by atoms with Crippen LogP contribution in [-0.2, 0) is 0 Å². The Labute approximate surface area is 196 Å². The fourth-order valence-corrected chi connectivity index (χ4v) is 3.39. The SMILES string of the molecule is CCO.COc1cc(C)ccc1-c1csc(N)n1.COc1cc(C)ccc1C(=O)CBr. The van der Waals surface area contributed by atoms with Crippen LogP contribution in [0.1, 0.15) is 28.4 Å². The number of carbonyl (C=O) groups is 1. The summed E-state index contributed by atoms with van der Waals surface area (Å²) in [6, 6.07) is 11.6. The van der Waals surface area contributed by atoms with Crippen molar-refractivity contribution in [2.45, 2.75) is 20.8 Å². The minimum absolute atomic E-state index is 0.0388. The van der Waals surface area contributed by atoms with Crippen molar-refractivity contribution >= 4 is 38.2 Å². The highest BCUT2D eigenvalue weighted by Crippen LogP contribution is 2.32. The lowest BCUT2D eigenvalue weighted by Crippen LogP contribution is -2.03. The van der Waals surface area contributed by atoms with E-state index in [0.717, 1.165) is 22.6 Å². The lowest BCUT2D eigenvalue weighted by molar-refractivity contribution is 0.102. The maximum absolute atomic E-state index is 11.4. The second-order valence-corrected chi connectivity index (χ2v) is 7.80. The highest BCUT2D eigenvalue weighted by atomic mass is 79.9. The Morgan fingerprint density at radius 1 is 1.10 bits per heavy atom. The average molecular weight is 509 g/mol. The third-order valence-electron chi connectivity index (χ3n) is 3.93. The van der Waals surface area contributed by atoms with Gasteiger partial charge in [-0.05, 0) is 56.2 Å². The van der Waals surface area contributed by atoms with Crippen LogP contribution in [-0.4, -0.2) is 42.0 Å². The van der Waals surface area contributed by atoms with Crippen molar-refractivity contribution in [3.8, 4) is 22.8 Å². The molecule has 0 amide bonds. The predicted octanol–water partition coefficient (Wildman–Crippen LogP) is 5.29. The van der Waals surface area contributed by atoms with Crippen LogP contribution < -0.4 is 15.2 Å². The van der Waals surface area contributed by atoms with Crippen molar-refractivity contribution in [3.63, 3.8) is 0 Å². The van der Waals surface area contributed by atoms with Crippen LogP contribution in [0.4, 0.5) is 5.13 Å². The van der Waals surface area contributed by atoms with Gasteiger partial charge in [0.15, 0.2) is 10.9 Å². The van der Waals surface area contributed by atoms with Gasteiger partial charge in [-0.2, -0.15) is 0 Å². The van der Waals surface area contributed by atoms with Crippen LogP contribution in [0.2, 0.25) is 0 Å². The Balaban J connectivity index is 0.000000278. The summed E-state index contributed by atoms with van der Waals surface area (Å²) < 4.78 is 10.4. The molecule has 3 aromatic rings. The minimum Gasteiger partial charge on any atom is -0.496 e. The molecule has 3 N–H and O–H groups in total. The summed E-state index contributed by atoms with van der Waals surface area (Å²) in [4.78, 5) is 15.6. The summed E-state index contributed by atoms with van der Waals surface area (Å²) in [6.07, 6.45) is 0. The number of alkyl halides is 1. The molecule has 0 saturated carbocycles. The average Bonchev–Trinajstić information content (AvgIpc) is 3.20. The number of Topliss-reactive ketones (excluding diaryl/α,β-unsaturated/α-hetero) is 1. The van der Waals surface area contributed by atoms with Crippen LogP contribution >= 0.6 is 27.3 Å². The summed E-state index contributed by atoms with van der Waals surface area (Å²) >= 11 is 4.56. The normalized spacial score (nSPS) is 9.65. The van der Waals surface area contributed by atoms with Gasteiger partial charge in [-0.1, -0.05) is 28.1 Å². The molecule has 1 aromatic heterocycles. The van der Waals surface area contributed by atoms with Gasteiger partial charge in [0.05, 0.1) is 30.8 Å². The van der Waals surface area contributed by atoms with E-state index in [9.17, 15) is 4.79 Å². The van der Waals surface area contributed by atoms with Crippen molar-refractivity contribution in [2.75, 3.05) is 31.9 Å². The van der Waals surface area contributed by atoms with Gasteiger partial charge in [-0.25, -0.2) is 4.98 Å². The van der Waals surface area contributed by atoms with Crippen LogP contribution in [0.5, 0.6) is 11.5 Å². The van der Waals surface area contributed by atoms with Gasteiger partial charge in [0.2, 0.25) is 0 Å². The first-order valence-electron chi connectivity index (χ1n) is 9.51. The Morgan fingerprint density at radius 3 is 2.13 bits per heavy atom. The van der Waals surface area contributed by atoms with Gasteiger partial charge in [-0.15, -0.1) is 11.3 Å². The zero-order chi connectivity index (χ0) is 23.4. The maximum Gasteiger partial charge on any atom is 0.180 e. The number of aromatic nitrogens is 1. The molecule has 0 aliphatic rings. The number of ketones is 1. The zero-order valence-corrected chi connectivity index (χ0v) is 20.8. The van der Waals surface area contributed by atoms with Crippen molar-refractivity contribution < 1.29 is 19.4 Å². The number of benzene rings is 2. The summed E-state index contributed by atoms with van der Waals surface area (Å²) in [7, 11) is 3.23. The monoisotopic (exact) mass is 508 g/mol. The summed E-state index contributed by atoms with van der Waals surface area (Å²) in [5.41, 5.74) is 10.3. The number of aliphatic hydroxyl groups excluding tert-OH is 1. The second kappa shape index (κ2) is 13.8. The number of thiazole rings is 1. The highest BCUT2D eigenvalue weighted by molar-refractivity contribution is 9.09. The standard InChI is InChI=1S/C11H12N2OS.C10H11BrO2.C2H6O/c1-7-3-4-8(10(5-7)14-2)9-6-15-11(12)13-9;1-7-3-4-8(9(12)6-11)10(5-7)13-2;1-2-3/h3-6H,1-2H3,(H2,12,13);3-5H,6H2,1-2H3;3H,2H2,1H3. The number of ether oxygens (including phenoxy) is 2. The van der Waals surface area contributed by atoms with E-state index in [1.54, 1.807) is 27.2 Å². The van der Waals surface area contributed by atoms with E-state index in [0.29, 0.717) is 21.8 Å². The van der Waals surface area contributed by atoms with Gasteiger partial charge in [0.1, 0.15) is 11.5 Å². The summed E-state index contributed by atoms with van der Waals surface area (Å²) in [5, 5.41) is 10.4. The highest BCUT2D eigenvalue weighted by Gasteiger charge is 2.10. The first-order valence-corrected chi connectivity index (χ1v) is 11.5. The smallest absolute Gasteiger partial charge is 0.180 e. The molecule has 0 spiro atoms. The number of halogens is 1. The van der Waals surface area contributed by atoms with E-state index in [-0.39, 0.29) is 12.4 Å². The number of aryl methyl sites for hydroxylation is 2. The summed E-state index contributed by atoms with van der Waals surface area (Å²) in [5.74, 6) is 1.52. The maximum atomic E-state index is 11.4. The van der Waals surface area contributed by atoms with E-state index in [4.69, 9.17) is 20.3 Å². The van der Waals surface area contributed by atoms with E-state index in [1.807, 2.05) is 49.6 Å². The van der Waals surface area contributed by atoms with Gasteiger partial charge in [-0.3, -0.25) is 4.79 Å². The third kappa shape index (κ3) is 8.32. The molecule has 0 unspecified atom stereocenters. The van der Waals surface area contributed by atoms with Gasteiger partial charge >= 0.3 is 0 Å². The van der Waals surface area contributed by atoms with Gasteiger partial charge in [0.25, 0.3) is 0 Å². The van der Waals surface area contributed by atoms with E-state index in [2.05, 4.69) is 20.9 Å². The molecule has 0 bridgehead atoms. The lowest BCUT2D eigenvalue weighted by Gasteiger charge is -2.06. The number of methoxy groups -OCH3 is 2. The van der Waals surface area contributed by atoms with E-state index < -0.39 is 0 Å². The quantitative estimate of drug-likeness (QED) is 0.359. The number of hydrogen-bond donors (Lipinski definition) is 2. The lowest BCUT2D eigenvalue weighted by atomic mass is 10.1. The molecule has 8 heteroatoms. The largest absolute Gasteiger partial charge is 0.496 e. The third-order valence-corrected chi connectivity index (χ3v) is 5.12. The van der Waals surface area contributed by atoms with Crippen LogP contribution in [0.15, 0.2) is 41.8 Å². The van der Waals surface area contributed by atoms with Gasteiger partial charge < -0.3 is 20.3 Å². The van der Waals surface area contributed by atoms with E-state index in [1.165, 1.54) is 16.9 Å². The second-order valence-electron chi connectivity index (χ2n) is 6.35. The van der Waals surface area contributed by atoms with Crippen LogP contribution in [0.3, 0.4) is 0 Å². The minimum atomic E-state index is 0.0388. The molecular formula is C23H29BrN2O4S. The topological polar surface area (TPSA) is 94.7 Å². The molecule has 0 aliphatic carbocycles. The number of hydrogen-bond acceptors (Lipinski definition) is 7. The van der Waals surface area contributed by atoms with Crippen LogP contribution in [0, 0.1) is 13.8 Å². The fourth-order valence-electron chi connectivity index (χ4n) is 2.52. The zero-order valence-electron chi connectivity index (χ0n) is 18.4. The molecule has 0 atom stereocenters. The molecule has 0 saturated heterocycles. The molecule has 0 aliphatic heterocycles. The summed E-state index contributed by atoms with van der Waals surface area (Å²) in [6.45, 7) is 5.92. The van der Waals surface area contributed by atoms with Crippen molar-refractivity contribution in [1.29, 1.82) is 0 Å². The molecule has 3 rings (SSSR count). The van der Waals surface area contributed by atoms with Crippen molar-refractivity contribution in [1.82, 2.24) is 4.98 Å². The number of carbonyl (C=O) groups excluding carboxylic acids is 1. The number of anilines is 1. The van der Waals surface area contributed by atoms with Crippen molar-refractivity contribution in [3.05, 3.63) is 58.5 Å². The molecule has 2 aromatic carbocycles. The molecule has 31 heavy (non-hydrogen) atoms. The molecule has 168 valence electrons. The number of rotatable bonds is 5. The Bertz CT molecular complexity index is 976. The first kappa shape index (κ1) is 26.6. The number of nitrogen functional groups attached to an aromatic ring is 1. The number of nitrogens with two attached hydrogens (primary N) is 1. The van der Waals surface area contributed by atoms with Gasteiger partial charge in [0, 0.05) is 17.6 Å². The first-order chi connectivity index (χ1) is 14.8. The predicted molar refractivity (Wildman–Crippen MR) is 132 cm³/mol. The Morgan fingerprint density at radius 2 is 1.65 bits per heavy atom. The van der Waals surface area contributed by atoms with E-state index >= 15 is 0 Å². The molecule has 6 nitrogen and oxygen atoms in total. The molecule has 0 radical (unpaired) electrons. The molecule has 0 fully saturated rings. The molecular weight excluding hydrogens is 480 g/mol. The fraction of sp³-hybridized carbons (Fsp3) is 0.304. The number of nitrogens with zero attached hydrogens (tertiary/aromatic N) is 1. The van der Waals surface area contributed by atoms with Crippen LogP contribution in [0.25, 0.3) is 11.3 Å².